The fraction of sp³-hybridized carbons (Fsp3) is 0.588. The van der Waals surface area contributed by atoms with Gasteiger partial charge in [0.25, 0.3) is 0 Å². The monoisotopic (exact) mass is 484 g/mol. The molecule has 1 aliphatic heterocycles. The number of aromatic nitrogens is 2. The SMILES string of the molecule is C1=C/CCCCCCCCCCc2ccc3ccc4ccc(nc4c3n2)CCCCCCCCCC/1. The predicted molar refractivity (Wildman–Crippen MR) is 157 cm³/mol. The Balaban J connectivity index is 1.35. The van der Waals surface area contributed by atoms with Gasteiger partial charge in [-0.15, -0.1) is 0 Å². The highest BCUT2D eigenvalue weighted by Gasteiger charge is 2.07. The van der Waals surface area contributed by atoms with E-state index in [0.29, 0.717) is 0 Å². The van der Waals surface area contributed by atoms with Gasteiger partial charge in [-0.25, -0.2) is 0 Å². The van der Waals surface area contributed by atoms with Crippen LogP contribution in [0.5, 0.6) is 0 Å². The van der Waals surface area contributed by atoms with Crippen LogP contribution in [0.4, 0.5) is 0 Å². The third-order valence-electron chi connectivity index (χ3n) is 7.91. The third-order valence-corrected chi connectivity index (χ3v) is 7.91. The van der Waals surface area contributed by atoms with Crippen molar-refractivity contribution in [1.29, 1.82) is 0 Å². The molecule has 0 unspecified atom stereocenters. The molecule has 0 spiro atoms. The zero-order valence-corrected chi connectivity index (χ0v) is 22.7. The standard InChI is InChI=1S/C34H48N2/c1-2-4-6-8-10-12-14-16-18-20-22-32-28-26-30-24-23-29-25-27-31(35-33(29)34(30)36-32)21-19-17-15-13-11-9-7-5-3-1/h1-2,23-28H,3-22H2/b2-1+. The van der Waals surface area contributed by atoms with Crippen LogP contribution in [-0.2, 0) is 12.8 Å². The largest absolute Gasteiger partial charge is 0.251 e. The van der Waals surface area contributed by atoms with Gasteiger partial charge in [0.15, 0.2) is 0 Å². The first-order valence-corrected chi connectivity index (χ1v) is 15.2. The molecule has 1 aliphatic rings. The Morgan fingerprint density at radius 3 is 1.11 bits per heavy atom. The summed E-state index contributed by atoms with van der Waals surface area (Å²) in [4.78, 5) is 10.2. The van der Waals surface area contributed by atoms with Crippen LogP contribution < -0.4 is 0 Å². The average Bonchev–Trinajstić information content (AvgIpc) is 2.91. The lowest BCUT2D eigenvalue weighted by Gasteiger charge is -2.08. The van der Waals surface area contributed by atoms with E-state index in [9.17, 15) is 0 Å². The highest BCUT2D eigenvalue weighted by Crippen LogP contribution is 2.24. The van der Waals surface area contributed by atoms with Crippen LogP contribution in [0.15, 0.2) is 48.6 Å². The van der Waals surface area contributed by atoms with Gasteiger partial charge in [0, 0.05) is 22.2 Å². The van der Waals surface area contributed by atoms with Gasteiger partial charge in [-0.3, -0.25) is 9.97 Å². The summed E-state index contributed by atoms with van der Waals surface area (Å²) in [5.74, 6) is 0. The maximum atomic E-state index is 5.10. The lowest BCUT2D eigenvalue weighted by molar-refractivity contribution is 0.566. The molecule has 0 N–H and O–H groups in total. The summed E-state index contributed by atoms with van der Waals surface area (Å²) in [6, 6.07) is 13.4. The number of hydrogen-bond acceptors (Lipinski definition) is 2. The molecular weight excluding hydrogens is 436 g/mol. The minimum Gasteiger partial charge on any atom is -0.251 e. The van der Waals surface area contributed by atoms with E-state index in [4.69, 9.17) is 9.97 Å². The summed E-state index contributed by atoms with van der Waals surface area (Å²) in [6.45, 7) is 0. The Labute approximate surface area is 220 Å². The average molecular weight is 485 g/mol. The van der Waals surface area contributed by atoms with Crippen molar-refractivity contribution in [2.45, 2.75) is 128 Å². The number of allylic oxidation sites excluding steroid dienone is 2. The molecular formula is C34H48N2. The molecule has 0 saturated carbocycles. The van der Waals surface area contributed by atoms with Crippen LogP contribution in [-0.4, -0.2) is 9.97 Å². The molecule has 0 radical (unpaired) electrons. The quantitative estimate of drug-likeness (QED) is 0.234. The summed E-state index contributed by atoms with van der Waals surface area (Å²) in [5.41, 5.74) is 4.64. The molecule has 4 rings (SSSR count). The summed E-state index contributed by atoms with van der Waals surface area (Å²) in [7, 11) is 0. The molecule has 0 amide bonds. The van der Waals surface area contributed by atoms with Gasteiger partial charge in [-0.05, 0) is 63.5 Å². The van der Waals surface area contributed by atoms with Gasteiger partial charge in [-0.2, -0.15) is 0 Å². The lowest BCUT2D eigenvalue weighted by atomic mass is 10.0. The van der Waals surface area contributed by atoms with E-state index in [0.717, 1.165) is 23.9 Å². The molecule has 36 heavy (non-hydrogen) atoms. The van der Waals surface area contributed by atoms with E-state index < -0.39 is 0 Å². The second-order valence-corrected chi connectivity index (χ2v) is 11.0. The van der Waals surface area contributed by atoms with Crippen LogP contribution in [0.25, 0.3) is 21.8 Å². The molecule has 2 aromatic heterocycles. The molecule has 3 aromatic rings. The zero-order chi connectivity index (χ0) is 24.7. The number of aryl methyl sites for hydroxylation is 2. The molecule has 0 fully saturated rings. The Morgan fingerprint density at radius 1 is 0.361 bits per heavy atom. The smallest absolute Gasteiger partial charge is 0.0967 e. The van der Waals surface area contributed by atoms with E-state index in [1.807, 2.05) is 0 Å². The van der Waals surface area contributed by atoms with E-state index in [1.165, 1.54) is 138 Å². The number of rotatable bonds is 0. The molecule has 0 atom stereocenters. The van der Waals surface area contributed by atoms with E-state index in [1.54, 1.807) is 0 Å². The second kappa shape index (κ2) is 15.8. The molecule has 0 aliphatic carbocycles. The number of fused-ring (bicyclic) bond motifs is 2. The van der Waals surface area contributed by atoms with Crippen LogP contribution in [0.3, 0.4) is 0 Å². The number of nitrogens with zero attached hydrogens (tertiary/aromatic N) is 2. The lowest BCUT2D eigenvalue weighted by Crippen LogP contribution is -1.96. The predicted octanol–water partition coefficient (Wildman–Crippen LogP) is 10.5. The van der Waals surface area contributed by atoms with E-state index in [-0.39, 0.29) is 0 Å². The minimum absolute atomic E-state index is 1.08. The summed E-state index contributed by atoms with van der Waals surface area (Å²) in [5, 5.41) is 2.43. The van der Waals surface area contributed by atoms with Gasteiger partial charge in [0.05, 0.1) is 11.0 Å². The molecule has 1 aromatic carbocycles. The molecule has 0 saturated heterocycles. The van der Waals surface area contributed by atoms with Gasteiger partial charge >= 0.3 is 0 Å². The number of benzene rings is 1. The van der Waals surface area contributed by atoms with Gasteiger partial charge in [0.1, 0.15) is 0 Å². The van der Waals surface area contributed by atoms with Crippen molar-refractivity contribution in [1.82, 2.24) is 9.97 Å². The summed E-state index contributed by atoms with van der Waals surface area (Å²) < 4.78 is 0. The van der Waals surface area contributed by atoms with Crippen LogP contribution in [0.1, 0.15) is 127 Å². The first kappa shape index (κ1) is 26.8. The van der Waals surface area contributed by atoms with Crippen molar-refractivity contribution in [3.8, 4) is 0 Å². The Kier molecular flexibility index (Phi) is 11.8. The van der Waals surface area contributed by atoms with Crippen molar-refractivity contribution in [2.75, 3.05) is 0 Å². The second-order valence-electron chi connectivity index (χ2n) is 11.0. The highest BCUT2D eigenvalue weighted by molar-refractivity contribution is 6.02. The minimum atomic E-state index is 1.08. The topological polar surface area (TPSA) is 25.8 Å². The van der Waals surface area contributed by atoms with Gasteiger partial charge in [0.2, 0.25) is 0 Å². The normalized spacial score (nSPS) is 19.9. The van der Waals surface area contributed by atoms with Crippen molar-refractivity contribution < 1.29 is 0 Å². The van der Waals surface area contributed by atoms with Crippen molar-refractivity contribution in [2.24, 2.45) is 0 Å². The molecule has 2 nitrogen and oxygen atoms in total. The Hall–Kier alpha value is -2.22. The zero-order valence-electron chi connectivity index (χ0n) is 22.7. The molecule has 194 valence electrons. The van der Waals surface area contributed by atoms with Crippen LogP contribution in [0, 0.1) is 0 Å². The van der Waals surface area contributed by atoms with Gasteiger partial charge in [-0.1, -0.05) is 113 Å². The van der Waals surface area contributed by atoms with Crippen molar-refractivity contribution >= 4 is 21.8 Å². The number of pyridine rings is 2. The van der Waals surface area contributed by atoms with E-state index in [2.05, 4.69) is 48.6 Å². The van der Waals surface area contributed by atoms with Crippen molar-refractivity contribution in [3.05, 3.63) is 59.9 Å². The Morgan fingerprint density at radius 2 is 0.694 bits per heavy atom. The Bertz CT molecular complexity index is 983. The molecule has 3 heterocycles. The molecule has 4 bridgehead atoms. The first-order chi connectivity index (χ1) is 17.9. The van der Waals surface area contributed by atoms with Crippen LogP contribution in [0.2, 0.25) is 0 Å². The fourth-order valence-electron chi connectivity index (χ4n) is 5.62. The van der Waals surface area contributed by atoms with E-state index >= 15 is 0 Å². The fourth-order valence-corrected chi connectivity index (χ4v) is 5.62. The first-order valence-electron chi connectivity index (χ1n) is 15.2. The van der Waals surface area contributed by atoms with Crippen molar-refractivity contribution in [3.63, 3.8) is 0 Å². The summed E-state index contributed by atoms with van der Waals surface area (Å²) >= 11 is 0. The van der Waals surface area contributed by atoms with Gasteiger partial charge < -0.3 is 0 Å². The summed E-state index contributed by atoms with van der Waals surface area (Å²) in [6.07, 6.45) is 31.4. The molecule has 2 heteroatoms. The highest BCUT2D eigenvalue weighted by atomic mass is 14.8. The van der Waals surface area contributed by atoms with Crippen LogP contribution >= 0.6 is 0 Å². The third kappa shape index (κ3) is 9.02. The maximum Gasteiger partial charge on any atom is 0.0967 e. The number of hydrogen-bond donors (Lipinski definition) is 0. The maximum absolute atomic E-state index is 5.10.